The Morgan fingerprint density at radius 1 is 1.42 bits per heavy atom. The first-order valence-electron chi connectivity index (χ1n) is 7.25. The van der Waals surface area contributed by atoms with Gasteiger partial charge in [0.2, 0.25) is 0 Å². The third-order valence-corrected chi connectivity index (χ3v) is 3.84. The van der Waals surface area contributed by atoms with Crippen LogP contribution in [0.25, 0.3) is 0 Å². The van der Waals surface area contributed by atoms with Crippen LogP contribution in [0.3, 0.4) is 0 Å². The van der Waals surface area contributed by atoms with Crippen LogP contribution in [0, 0.1) is 11.8 Å². The first kappa shape index (κ1) is 14.0. The van der Waals surface area contributed by atoms with Crippen molar-refractivity contribution in [2.75, 3.05) is 13.6 Å². The summed E-state index contributed by atoms with van der Waals surface area (Å²) in [6.45, 7) is 4.05. The lowest BCUT2D eigenvalue weighted by atomic mass is 9.82. The minimum atomic E-state index is 0.674. The smallest absolute Gasteiger partial charge is 0.191 e. The largest absolute Gasteiger partial charge is 0.467 e. The molecular weight excluding hydrogens is 238 g/mol. The molecule has 1 aliphatic carbocycles. The molecule has 0 bridgehead atoms. The highest BCUT2D eigenvalue weighted by Gasteiger charge is 2.18. The maximum Gasteiger partial charge on any atom is 0.191 e. The van der Waals surface area contributed by atoms with Crippen molar-refractivity contribution in [2.45, 2.75) is 39.2 Å². The number of furan rings is 1. The molecule has 1 aromatic rings. The summed E-state index contributed by atoms with van der Waals surface area (Å²) in [5, 5.41) is 6.69. The molecule has 0 radical (unpaired) electrons. The van der Waals surface area contributed by atoms with E-state index in [4.69, 9.17) is 4.42 Å². The van der Waals surface area contributed by atoms with E-state index in [9.17, 15) is 0 Å². The van der Waals surface area contributed by atoms with Crippen LogP contribution in [0.4, 0.5) is 0 Å². The summed E-state index contributed by atoms with van der Waals surface area (Å²) in [7, 11) is 1.81. The van der Waals surface area contributed by atoms with Crippen molar-refractivity contribution in [1.29, 1.82) is 0 Å². The molecule has 2 N–H and O–H groups in total. The van der Waals surface area contributed by atoms with Crippen LogP contribution in [-0.2, 0) is 6.54 Å². The summed E-state index contributed by atoms with van der Waals surface area (Å²) < 4.78 is 5.29. The summed E-state index contributed by atoms with van der Waals surface area (Å²) in [5.74, 6) is 3.44. The van der Waals surface area contributed by atoms with Crippen molar-refractivity contribution >= 4 is 5.96 Å². The van der Waals surface area contributed by atoms with Gasteiger partial charge in [-0.25, -0.2) is 0 Å². The number of guanidine groups is 1. The van der Waals surface area contributed by atoms with Crippen LogP contribution in [-0.4, -0.2) is 19.6 Å². The average molecular weight is 263 g/mol. The normalized spacial score (nSPS) is 24.2. The van der Waals surface area contributed by atoms with Gasteiger partial charge >= 0.3 is 0 Å². The van der Waals surface area contributed by atoms with E-state index >= 15 is 0 Å². The van der Waals surface area contributed by atoms with Gasteiger partial charge in [-0.3, -0.25) is 4.99 Å². The molecule has 1 aliphatic rings. The molecule has 0 spiro atoms. The summed E-state index contributed by atoms with van der Waals surface area (Å²) >= 11 is 0. The molecule has 1 aromatic heterocycles. The molecule has 2 atom stereocenters. The molecule has 19 heavy (non-hydrogen) atoms. The molecule has 106 valence electrons. The van der Waals surface area contributed by atoms with Crippen molar-refractivity contribution in [1.82, 2.24) is 10.6 Å². The Hall–Kier alpha value is -1.45. The van der Waals surface area contributed by atoms with Crippen molar-refractivity contribution < 1.29 is 4.42 Å². The minimum absolute atomic E-state index is 0.674. The zero-order valence-corrected chi connectivity index (χ0v) is 12.0. The molecular formula is C15H25N3O. The van der Waals surface area contributed by atoms with Gasteiger partial charge in [0.15, 0.2) is 5.96 Å². The van der Waals surface area contributed by atoms with Crippen molar-refractivity contribution in [3.63, 3.8) is 0 Å². The fraction of sp³-hybridized carbons (Fsp3) is 0.667. The Labute approximate surface area is 115 Å². The van der Waals surface area contributed by atoms with Gasteiger partial charge in [-0.1, -0.05) is 19.8 Å². The molecule has 0 amide bonds. The molecule has 2 rings (SSSR count). The molecule has 4 heteroatoms. The molecule has 0 aromatic carbocycles. The van der Waals surface area contributed by atoms with Gasteiger partial charge in [0.05, 0.1) is 12.8 Å². The topological polar surface area (TPSA) is 49.6 Å². The predicted octanol–water partition coefficient (Wildman–Crippen LogP) is 2.77. The molecule has 1 fully saturated rings. The van der Waals surface area contributed by atoms with Crippen LogP contribution in [0.1, 0.15) is 38.4 Å². The number of hydrogen-bond donors (Lipinski definition) is 2. The summed E-state index contributed by atoms with van der Waals surface area (Å²) in [6, 6.07) is 3.86. The maximum absolute atomic E-state index is 5.29. The molecule has 1 heterocycles. The predicted molar refractivity (Wildman–Crippen MR) is 78.0 cm³/mol. The standard InChI is InChI=1S/C15H25N3O/c1-12-5-3-6-13(9-12)10-17-15(16-2)18-11-14-7-4-8-19-14/h4,7-8,12-13H,3,5-6,9-11H2,1-2H3,(H2,16,17,18). The Balaban J connectivity index is 1.70. The van der Waals surface area contributed by atoms with E-state index in [-0.39, 0.29) is 0 Å². The van der Waals surface area contributed by atoms with Gasteiger partial charge < -0.3 is 15.1 Å². The van der Waals surface area contributed by atoms with Crippen LogP contribution >= 0.6 is 0 Å². The third-order valence-electron chi connectivity index (χ3n) is 3.84. The Kier molecular flexibility index (Phi) is 5.31. The van der Waals surface area contributed by atoms with E-state index in [0.29, 0.717) is 6.54 Å². The average Bonchev–Trinajstić information content (AvgIpc) is 2.92. The summed E-state index contributed by atoms with van der Waals surface area (Å²) in [5.41, 5.74) is 0. The highest BCUT2D eigenvalue weighted by atomic mass is 16.3. The van der Waals surface area contributed by atoms with Gasteiger partial charge in [0.1, 0.15) is 5.76 Å². The van der Waals surface area contributed by atoms with E-state index in [1.807, 2.05) is 12.1 Å². The van der Waals surface area contributed by atoms with E-state index in [0.717, 1.165) is 30.1 Å². The zero-order chi connectivity index (χ0) is 13.5. The second-order valence-corrected chi connectivity index (χ2v) is 5.52. The molecule has 0 saturated heterocycles. The van der Waals surface area contributed by atoms with Gasteiger partial charge in [0, 0.05) is 13.6 Å². The lowest BCUT2D eigenvalue weighted by Crippen LogP contribution is -2.40. The van der Waals surface area contributed by atoms with Crippen LogP contribution in [0.5, 0.6) is 0 Å². The number of nitrogens with one attached hydrogen (secondary N) is 2. The Morgan fingerprint density at radius 2 is 2.32 bits per heavy atom. The van der Waals surface area contributed by atoms with E-state index in [1.165, 1.54) is 25.7 Å². The first-order valence-corrected chi connectivity index (χ1v) is 7.25. The molecule has 0 aliphatic heterocycles. The van der Waals surface area contributed by atoms with Gasteiger partial charge in [-0.05, 0) is 36.8 Å². The monoisotopic (exact) mass is 263 g/mol. The second-order valence-electron chi connectivity index (χ2n) is 5.52. The minimum Gasteiger partial charge on any atom is -0.467 e. The number of hydrogen-bond acceptors (Lipinski definition) is 2. The lowest BCUT2D eigenvalue weighted by Gasteiger charge is -2.27. The molecule has 2 unspecified atom stereocenters. The van der Waals surface area contributed by atoms with Gasteiger partial charge in [-0.15, -0.1) is 0 Å². The Morgan fingerprint density at radius 3 is 3.00 bits per heavy atom. The van der Waals surface area contributed by atoms with Crippen LogP contribution in [0.2, 0.25) is 0 Å². The fourth-order valence-electron chi connectivity index (χ4n) is 2.79. The number of aliphatic imine (C=N–C) groups is 1. The summed E-state index contributed by atoms with van der Waals surface area (Å²) in [4.78, 5) is 4.24. The molecule has 4 nitrogen and oxygen atoms in total. The highest BCUT2D eigenvalue weighted by Crippen LogP contribution is 2.27. The Bertz CT molecular complexity index is 386. The summed E-state index contributed by atoms with van der Waals surface area (Å²) in [6.07, 6.45) is 7.12. The van der Waals surface area contributed by atoms with E-state index in [2.05, 4.69) is 22.5 Å². The van der Waals surface area contributed by atoms with Crippen molar-refractivity contribution in [3.8, 4) is 0 Å². The van der Waals surface area contributed by atoms with E-state index < -0.39 is 0 Å². The van der Waals surface area contributed by atoms with Crippen molar-refractivity contribution in [3.05, 3.63) is 24.2 Å². The first-order chi connectivity index (χ1) is 9.28. The lowest BCUT2D eigenvalue weighted by molar-refractivity contribution is 0.282. The van der Waals surface area contributed by atoms with E-state index in [1.54, 1.807) is 13.3 Å². The van der Waals surface area contributed by atoms with Gasteiger partial charge in [-0.2, -0.15) is 0 Å². The quantitative estimate of drug-likeness (QED) is 0.648. The molecule has 1 saturated carbocycles. The third kappa shape index (κ3) is 4.62. The maximum atomic E-state index is 5.29. The SMILES string of the molecule is CN=C(NCc1ccco1)NCC1CCCC(C)C1. The van der Waals surface area contributed by atoms with Gasteiger partial charge in [0.25, 0.3) is 0 Å². The second kappa shape index (κ2) is 7.22. The highest BCUT2D eigenvalue weighted by molar-refractivity contribution is 5.79. The fourth-order valence-corrected chi connectivity index (χ4v) is 2.79. The number of rotatable bonds is 4. The van der Waals surface area contributed by atoms with Crippen LogP contribution in [0.15, 0.2) is 27.8 Å². The zero-order valence-electron chi connectivity index (χ0n) is 12.0. The number of nitrogens with zero attached hydrogens (tertiary/aromatic N) is 1. The van der Waals surface area contributed by atoms with Crippen LogP contribution < -0.4 is 10.6 Å². The van der Waals surface area contributed by atoms with Crippen molar-refractivity contribution in [2.24, 2.45) is 16.8 Å².